The second-order valence-corrected chi connectivity index (χ2v) is 3.31. The summed E-state index contributed by atoms with van der Waals surface area (Å²) in [6.45, 7) is 5.67. The van der Waals surface area contributed by atoms with E-state index in [9.17, 15) is 0 Å². The molecule has 5 nitrogen and oxygen atoms in total. The molecule has 3 N–H and O–H groups in total. The van der Waals surface area contributed by atoms with Gasteiger partial charge in [0.1, 0.15) is 5.76 Å². The van der Waals surface area contributed by atoms with E-state index in [1.54, 1.807) is 0 Å². The van der Waals surface area contributed by atoms with Crippen molar-refractivity contribution in [1.82, 2.24) is 15.4 Å². The van der Waals surface area contributed by atoms with Gasteiger partial charge in [-0.3, -0.25) is 5.10 Å². The number of hydrogen-bond acceptors (Lipinski definition) is 4. The number of nitrogens with zero attached hydrogens (tertiary/aromatic N) is 2. The average Bonchev–Trinajstić information content (AvgIpc) is 2.60. The van der Waals surface area contributed by atoms with E-state index in [4.69, 9.17) is 10.3 Å². The van der Waals surface area contributed by atoms with Crippen LogP contribution in [-0.2, 0) is 0 Å². The first kappa shape index (κ1) is 8.80. The predicted molar refractivity (Wildman–Crippen MR) is 52.7 cm³/mol. The molecule has 74 valence electrons. The molecule has 2 aromatic heterocycles. The van der Waals surface area contributed by atoms with Crippen LogP contribution in [0.4, 0.5) is 5.82 Å². The van der Waals surface area contributed by atoms with Crippen LogP contribution in [0.5, 0.6) is 0 Å². The molecule has 0 spiro atoms. The first-order valence-electron chi connectivity index (χ1n) is 4.35. The van der Waals surface area contributed by atoms with Crippen LogP contribution in [-0.4, -0.2) is 15.4 Å². The first-order valence-corrected chi connectivity index (χ1v) is 4.35. The molecule has 5 heteroatoms. The fourth-order valence-electron chi connectivity index (χ4n) is 1.60. The Morgan fingerprint density at radius 1 is 1.21 bits per heavy atom. The molecule has 2 heterocycles. The molecule has 0 amide bonds. The highest BCUT2D eigenvalue weighted by Gasteiger charge is 2.18. The summed E-state index contributed by atoms with van der Waals surface area (Å²) in [5, 5.41) is 10.7. The first-order chi connectivity index (χ1) is 6.61. The van der Waals surface area contributed by atoms with Gasteiger partial charge in [0.2, 0.25) is 0 Å². The molecule has 0 aliphatic carbocycles. The Hall–Kier alpha value is -1.78. The maximum atomic E-state index is 5.76. The van der Waals surface area contributed by atoms with Crippen LogP contribution < -0.4 is 5.73 Å². The number of H-pyrrole nitrogens is 1. The molecule has 0 saturated carbocycles. The molecule has 0 bridgehead atoms. The van der Waals surface area contributed by atoms with E-state index in [2.05, 4.69) is 15.4 Å². The number of nitrogens with one attached hydrogen (secondary N) is 1. The second kappa shape index (κ2) is 2.87. The Labute approximate surface area is 81.3 Å². The van der Waals surface area contributed by atoms with Gasteiger partial charge in [0.15, 0.2) is 5.82 Å². The van der Waals surface area contributed by atoms with E-state index in [1.807, 2.05) is 20.8 Å². The summed E-state index contributed by atoms with van der Waals surface area (Å²) < 4.78 is 5.08. The molecule has 0 atom stereocenters. The van der Waals surface area contributed by atoms with Crippen LogP contribution in [0, 0.1) is 20.8 Å². The van der Waals surface area contributed by atoms with Crippen LogP contribution in [0.25, 0.3) is 11.1 Å². The molecular weight excluding hydrogens is 180 g/mol. The Morgan fingerprint density at radius 3 is 2.36 bits per heavy atom. The molecule has 0 aromatic carbocycles. The highest BCUT2D eigenvalue weighted by atomic mass is 16.5. The summed E-state index contributed by atoms with van der Waals surface area (Å²) in [6.07, 6.45) is 0. The third-order valence-electron chi connectivity index (χ3n) is 2.26. The van der Waals surface area contributed by atoms with Crippen molar-refractivity contribution in [3.63, 3.8) is 0 Å². The van der Waals surface area contributed by atoms with E-state index in [1.165, 1.54) is 0 Å². The highest BCUT2D eigenvalue weighted by Crippen LogP contribution is 2.32. The quantitative estimate of drug-likeness (QED) is 0.718. The standard InChI is InChI=1S/C9H12N4O/c1-4-8(9(10)12-11-4)7-5(2)13-14-6(7)3/h1-3H3,(H3,10,11,12). The van der Waals surface area contributed by atoms with Gasteiger partial charge in [-0.25, -0.2) is 0 Å². The lowest BCUT2D eigenvalue weighted by Gasteiger charge is -1.98. The Bertz CT molecular complexity index is 386. The van der Waals surface area contributed by atoms with Crippen molar-refractivity contribution < 1.29 is 4.52 Å². The lowest BCUT2D eigenvalue weighted by Crippen LogP contribution is -1.90. The van der Waals surface area contributed by atoms with Crippen LogP contribution in [0.3, 0.4) is 0 Å². The number of aryl methyl sites for hydroxylation is 3. The van der Waals surface area contributed by atoms with Crippen molar-refractivity contribution >= 4 is 5.82 Å². The minimum absolute atomic E-state index is 0.483. The minimum atomic E-state index is 0.483. The van der Waals surface area contributed by atoms with Gasteiger partial charge in [0.05, 0.1) is 16.8 Å². The summed E-state index contributed by atoms with van der Waals surface area (Å²) >= 11 is 0. The lowest BCUT2D eigenvalue weighted by atomic mass is 10.0. The van der Waals surface area contributed by atoms with Gasteiger partial charge < -0.3 is 10.3 Å². The van der Waals surface area contributed by atoms with E-state index in [-0.39, 0.29) is 0 Å². The Morgan fingerprint density at radius 2 is 1.93 bits per heavy atom. The van der Waals surface area contributed by atoms with Gasteiger partial charge in [-0.2, -0.15) is 5.10 Å². The SMILES string of the molecule is Cc1noc(C)c1-c1c(N)n[nH]c1C. The van der Waals surface area contributed by atoms with Crippen molar-refractivity contribution in [1.29, 1.82) is 0 Å². The lowest BCUT2D eigenvalue weighted by molar-refractivity contribution is 0.393. The zero-order valence-corrected chi connectivity index (χ0v) is 8.38. The zero-order valence-electron chi connectivity index (χ0n) is 8.38. The largest absolute Gasteiger partial charge is 0.382 e. The molecule has 0 aliphatic rings. The van der Waals surface area contributed by atoms with Gasteiger partial charge in [-0.15, -0.1) is 0 Å². The number of anilines is 1. The van der Waals surface area contributed by atoms with Gasteiger partial charge in [0, 0.05) is 5.69 Å². The van der Waals surface area contributed by atoms with Gasteiger partial charge in [0.25, 0.3) is 0 Å². The van der Waals surface area contributed by atoms with E-state index < -0.39 is 0 Å². The van der Waals surface area contributed by atoms with Crippen molar-refractivity contribution in [2.24, 2.45) is 0 Å². The van der Waals surface area contributed by atoms with Crippen molar-refractivity contribution in [2.45, 2.75) is 20.8 Å². The highest BCUT2D eigenvalue weighted by molar-refractivity contribution is 5.78. The summed E-state index contributed by atoms with van der Waals surface area (Å²) in [7, 11) is 0. The summed E-state index contributed by atoms with van der Waals surface area (Å²) in [6, 6.07) is 0. The van der Waals surface area contributed by atoms with E-state index in [0.717, 1.165) is 28.3 Å². The van der Waals surface area contributed by atoms with Crippen molar-refractivity contribution in [2.75, 3.05) is 5.73 Å². The van der Waals surface area contributed by atoms with Crippen LogP contribution in [0.2, 0.25) is 0 Å². The molecule has 14 heavy (non-hydrogen) atoms. The smallest absolute Gasteiger partial charge is 0.153 e. The normalized spacial score (nSPS) is 10.8. The number of aromatic amines is 1. The molecule has 0 fully saturated rings. The topological polar surface area (TPSA) is 80.7 Å². The molecule has 2 aromatic rings. The third kappa shape index (κ3) is 1.09. The molecule has 0 aliphatic heterocycles. The van der Waals surface area contributed by atoms with Gasteiger partial charge in [-0.05, 0) is 20.8 Å². The third-order valence-corrected chi connectivity index (χ3v) is 2.26. The summed E-state index contributed by atoms with van der Waals surface area (Å²) in [5.74, 6) is 1.25. The maximum Gasteiger partial charge on any atom is 0.153 e. The molecule has 0 saturated heterocycles. The number of rotatable bonds is 1. The molecular formula is C9H12N4O. The van der Waals surface area contributed by atoms with Gasteiger partial charge >= 0.3 is 0 Å². The number of hydrogen-bond donors (Lipinski definition) is 2. The number of nitrogen functional groups attached to an aromatic ring is 1. The van der Waals surface area contributed by atoms with Crippen LogP contribution in [0.1, 0.15) is 17.1 Å². The van der Waals surface area contributed by atoms with Gasteiger partial charge in [-0.1, -0.05) is 5.16 Å². The predicted octanol–water partition coefficient (Wildman–Crippen LogP) is 1.57. The van der Waals surface area contributed by atoms with Crippen LogP contribution >= 0.6 is 0 Å². The van der Waals surface area contributed by atoms with Crippen molar-refractivity contribution in [3.05, 3.63) is 17.1 Å². The Kier molecular flexibility index (Phi) is 1.80. The Balaban J connectivity index is 2.71. The zero-order chi connectivity index (χ0) is 10.3. The van der Waals surface area contributed by atoms with E-state index >= 15 is 0 Å². The minimum Gasteiger partial charge on any atom is -0.382 e. The number of nitrogens with two attached hydrogens (primary N) is 1. The second-order valence-electron chi connectivity index (χ2n) is 3.31. The van der Waals surface area contributed by atoms with E-state index in [0.29, 0.717) is 5.82 Å². The fourth-order valence-corrected chi connectivity index (χ4v) is 1.60. The summed E-state index contributed by atoms with van der Waals surface area (Å²) in [5.41, 5.74) is 9.35. The fraction of sp³-hybridized carbons (Fsp3) is 0.333. The average molecular weight is 192 g/mol. The summed E-state index contributed by atoms with van der Waals surface area (Å²) in [4.78, 5) is 0. The van der Waals surface area contributed by atoms with Crippen LogP contribution in [0.15, 0.2) is 4.52 Å². The molecule has 0 unspecified atom stereocenters. The van der Waals surface area contributed by atoms with Crippen molar-refractivity contribution in [3.8, 4) is 11.1 Å². The maximum absolute atomic E-state index is 5.76. The number of aromatic nitrogens is 3. The molecule has 0 radical (unpaired) electrons. The molecule has 2 rings (SSSR count). The monoisotopic (exact) mass is 192 g/mol.